The lowest BCUT2D eigenvalue weighted by molar-refractivity contribution is 0.102. The van der Waals surface area contributed by atoms with Crippen molar-refractivity contribution in [3.05, 3.63) is 83.9 Å². The Hall–Kier alpha value is -3.52. The monoisotopic (exact) mass is 440 g/mol. The normalized spacial score (nSPS) is 10.9. The van der Waals surface area contributed by atoms with E-state index in [4.69, 9.17) is 9.47 Å². The van der Waals surface area contributed by atoms with Gasteiger partial charge in [-0.15, -0.1) is 0 Å². The number of benzene rings is 3. The van der Waals surface area contributed by atoms with E-state index in [0.717, 1.165) is 11.3 Å². The molecule has 1 amide bonds. The number of hydrogen-bond donors (Lipinski definition) is 2. The van der Waals surface area contributed by atoms with Gasteiger partial charge in [-0.1, -0.05) is 30.3 Å². The lowest BCUT2D eigenvalue weighted by Gasteiger charge is -2.13. The largest absolute Gasteiger partial charge is 0.494 e. The zero-order valence-electron chi connectivity index (χ0n) is 17.3. The molecule has 0 aromatic heterocycles. The molecule has 162 valence electrons. The van der Waals surface area contributed by atoms with E-state index in [9.17, 15) is 13.2 Å². The number of nitrogens with one attached hydrogen (secondary N) is 2. The summed E-state index contributed by atoms with van der Waals surface area (Å²) in [6.07, 6.45) is 0. The van der Waals surface area contributed by atoms with E-state index in [0.29, 0.717) is 29.3 Å². The van der Waals surface area contributed by atoms with Crippen molar-refractivity contribution in [2.24, 2.45) is 0 Å². The van der Waals surface area contributed by atoms with Gasteiger partial charge in [0.25, 0.3) is 5.91 Å². The van der Waals surface area contributed by atoms with Crippen LogP contribution >= 0.6 is 0 Å². The van der Waals surface area contributed by atoms with E-state index < -0.39 is 10.0 Å². The summed E-state index contributed by atoms with van der Waals surface area (Å²) in [5.41, 5.74) is 2.22. The van der Waals surface area contributed by atoms with Crippen LogP contribution in [0, 0.1) is 0 Å². The van der Waals surface area contributed by atoms with Gasteiger partial charge in [-0.3, -0.25) is 9.52 Å². The first-order chi connectivity index (χ1) is 14.9. The summed E-state index contributed by atoms with van der Waals surface area (Å²) in [6, 6.07) is 21.3. The third kappa shape index (κ3) is 6.23. The van der Waals surface area contributed by atoms with Crippen LogP contribution in [-0.2, 0) is 16.6 Å². The standard InChI is InChI=1S/C23H24N2O5S/c1-3-31(27,28)25-21-14-13-19(15-22(21)29-2)24-23(26)18-11-9-17(10-12-18)16-30-20-7-5-4-6-8-20/h4-15,25H,3,16H2,1-2H3,(H,24,26). The number of carbonyl (C=O) groups is 1. The summed E-state index contributed by atoms with van der Waals surface area (Å²) in [7, 11) is -2.01. The van der Waals surface area contributed by atoms with E-state index in [1.807, 2.05) is 42.5 Å². The SMILES string of the molecule is CCS(=O)(=O)Nc1ccc(NC(=O)c2ccc(COc3ccccc3)cc2)cc1OC. The Morgan fingerprint density at radius 3 is 2.32 bits per heavy atom. The molecule has 31 heavy (non-hydrogen) atoms. The van der Waals surface area contributed by atoms with Crippen LogP contribution in [0.5, 0.6) is 11.5 Å². The molecule has 3 rings (SSSR count). The highest BCUT2D eigenvalue weighted by Gasteiger charge is 2.13. The van der Waals surface area contributed by atoms with Crippen molar-refractivity contribution in [1.29, 1.82) is 0 Å². The summed E-state index contributed by atoms with van der Waals surface area (Å²) in [6.45, 7) is 1.95. The van der Waals surface area contributed by atoms with Crippen LogP contribution in [-0.4, -0.2) is 27.2 Å². The second kappa shape index (κ2) is 9.99. The van der Waals surface area contributed by atoms with Gasteiger partial charge in [0.05, 0.1) is 18.6 Å². The maximum atomic E-state index is 12.6. The van der Waals surface area contributed by atoms with Crippen LogP contribution in [0.4, 0.5) is 11.4 Å². The van der Waals surface area contributed by atoms with Crippen molar-refractivity contribution in [1.82, 2.24) is 0 Å². The number of sulfonamides is 1. The summed E-state index contributed by atoms with van der Waals surface area (Å²) < 4.78 is 37.0. The molecule has 0 aliphatic carbocycles. The van der Waals surface area contributed by atoms with Gasteiger partial charge in [-0.25, -0.2) is 8.42 Å². The number of methoxy groups -OCH3 is 1. The van der Waals surface area contributed by atoms with Gasteiger partial charge in [-0.2, -0.15) is 0 Å². The van der Waals surface area contributed by atoms with E-state index in [1.165, 1.54) is 7.11 Å². The van der Waals surface area contributed by atoms with Gasteiger partial charge >= 0.3 is 0 Å². The molecular formula is C23H24N2O5S. The number of anilines is 2. The number of rotatable bonds is 9. The zero-order valence-corrected chi connectivity index (χ0v) is 18.1. The second-order valence-electron chi connectivity index (χ2n) is 6.67. The van der Waals surface area contributed by atoms with Gasteiger partial charge in [0.2, 0.25) is 10.0 Å². The molecule has 0 heterocycles. The number of para-hydroxylation sites is 1. The molecule has 0 atom stereocenters. The van der Waals surface area contributed by atoms with Crippen LogP contribution in [0.2, 0.25) is 0 Å². The molecule has 0 aliphatic heterocycles. The molecule has 0 saturated carbocycles. The molecule has 0 saturated heterocycles. The molecule has 7 nitrogen and oxygen atoms in total. The summed E-state index contributed by atoms with van der Waals surface area (Å²) in [4.78, 5) is 12.6. The van der Waals surface area contributed by atoms with Gasteiger partial charge < -0.3 is 14.8 Å². The van der Waals surface area contributed by atoms with Crippen LogP contribution in [0.1, 0.15) is 22.8 Å². The topological polar surface area (TPSA) is 93.7 Å². The first-order valence-electron chi connectivity index (χ1n) is 9.67. The Labute approximate surface area is 182 Å². The van der Waals surface area contributed by atoms with E-state index in [1.54, 1.807) is 37.3 Å². The predicted molar refractivity (Wildman–Crippen MR) is 121 cm³/mol. The maximum absolute atomic E-state index is 12.6. The lowest BCUT2D eigenvalue weighted by atomic mass is 10.1. The average Bonchev–Trinajstić information content (AvgIpc) is 2.79. The Balaban J connectivity index is 1.64. The number of ether oxygens (including phenoxy) is 2. The molecule has 0 aliphatic rings. The molecule has 0 radical (unpaired) electrons. The first-order valence-corrected chi connectivity index (χ1v) is 11.3. The lowest BCUT2D eigenvalue weighted by Crippen LogP contribution is -2.16. The maximum Gasteiger partial charge on any atom is 0.255 e. The summed E-state index contributed by atoms with van der Waals surface area (Å²) in [5, 5.41) is 2.79. The minimum atomic E-state index is -3.44. The Bertz CT molecular complexity index is 1130. The van der Waals surface area contributed by atoms with Crippen LogP contribution in [0.3, 0.4) is 0 Å². The predicted octanol–water partition coefficient (Wildman–Crippen LogP) is 4.29. The minimum Gasteiger partial charge on any atom is -0.494 e. The quantitative estimate of drug-likeness (QED) is 0.518. The molecule has 0 spiro atoms. The molecule has 0 fully saturated rings. The van der Waals surface area contributed by atoms with E-state index in [-0.39, 0.29) is 11.7 Å². The molecule has 3 aromatic rings. The number of carbonyl (C=O) groups excluding carboxylic acids is 1. The van der Waals surface area contributed by atoms with Gasteiger partial charge in [0, 0.05) is 17.3 Å². The molecule has 0 unspecified atom stereocenters. The fourth-order valence-corrected chi connectivity index (χ4v) is 3.38. The third-order valence-electron chi connectivity index (χ3n) is 4.47. The van der Waals surface area contributed by atoms with Crippen molar-refractivity contribution in [2.75, 3.05) is 22.9 Å². The number of amides is 1. The van der Waals surface area contributed by atoms with Crippen molar-refractivity contribution in [2.45, 2.75) is 13.5 Å². The fourth-order valence-electron chi connectivity index (χ4n) is 2.73. The molecular weight excluding hydrogens is 416 g/mol. The highest BCUT2D eigenvalue weighted by atomic mass is 32.2. The van der Waals surface area contributed by atoms with Gasteiger partial charge in [0.1, 0.15) is 18.1 Å². The van der Waals surface area contributed by atoms with E-state index >= 15 is 0 Å². The minimum absolute atomic E-state index is 0.0545. The Morgan fingerprint density at radius 2 is 1.68 bits per heavy atom. The zero-order chi connectivity index (χ0) is 22.3. The summed E-state index contributed by atoms with van der Waals surface area (Å²) in [5.74, 6) is 0.742. The van der Waals surface area contributed by atoms with Crippen molar-refractivity contribution in [3.8, 4) is 11.5 Å². The Morgan fingerprint density at radius 1 is 0.968 bits per heavy atom. The van der Waals surface area contributed by atoms with Gasteiger partial charge in [-0.05, 0) is 48.9 Å². The molecule has 3 aromatic carbocycles. The van der Waals surface area contributed by atoms with Crippen molar-refractivity contribution >= 4 is 27.3 Å². The van der Waals surface area contributed by atoms with E-state index in [2.05, 4.69) is 10.0 Å². The second-order valence-corrected chi connectivity index (χ2v) is 8.68. The van der Waals surface area contributed by atoms with Crippen molar-refractivity contribution in [3.63, 3.8) is 0 Å². The molecule has 8 heteroatoms. The Kier molecular flexibility index (Phi) is 7.15. The van der Waals surface area contributed by atoms with Gasteiger partial charge in [0.15, 0.2) is 0 Å². The average molecular weight is 441 g/mol. The summed E-state index contributed by atoms with van der Waals surface area (Å²) >= 11 is 0. The highest BCUT2D eigenvalue weighted by Crippen LogP contribution is 2.29. The first kappa shape index (κ1) is 22.2. The van der Waals surface area contributed by atoms with Crippen LogP contribution in [0.15, 0.2) is 72.8 Å². The fraction of sp³-hybridized carbons (Fsp3) is 0.174. The smallest absolute Gasteiger partial charge is 0.255 e. The van der Waals surface area contributed by atoms with Crippen LogP contribution in [0.25, 0.3) is 0 Å². The molecule has 2 N–H and O–H groups in total. The van der Waals surface area contributed by atoms with Crippen molar-refractivity contribution < 1.29 is 22.7 Å². The highest BCUT2D eigenvalue weighted by molar-refractivity contribution is 7.92. The number of hydrogen-bond acceptors (Lipinski definition) is 5. The molecule has 0 bridgehead atoms. The van der Waals surface area contributed by atoms with Crippen LogP contribution < -0.4 is 19.5 Å². The third-order valence-corrected chi connectivity index (χ3v) is 5.76.